The monoisotopic (exact) mass is 355 g/mol. The molecule has 2 aromatic carbocycles. The van der Waals surface area contributed by atoms with E-state index in [4.69, 9.17) is 11.6 Å². The molecule has 122 valence electrons. The molecular formula is C15H14ClNO5S. The first-order valence-electron chi connectivity index (χ1n) is 6.74. The summed E-state index contributed by atoms with van der Waals surface area (Å²) in [4.78, 5) is 10.3. The van der Waals surface area contributed by atoms with Crippen molar-refractivity contribution in [1.82, 2.24) is 0 Å². The van der Waals surface area contributed by atoms with Gasteiger partial charge in [-0.1, -0.05) is 17.7 Å². The Morgan fingerprint density at radius 2 is 1.78 bits per heavy atom. The maximum Gasteiger partial charge on any atom is 0.310 e. The molecule has 2 rings (SSSR count). The van der Waals surface area contributed by atoms with E-state index in [2.05, 4.69) is 0 Å². The third-order valence-corrected chi connectivity index (χ3v) is 5.36. The normalized spacial score (nSPS) is 11.3. The second-order valence-corrected chi connectivity index (χ2v) is 7.50. The lowest BCUT2D eigenvalue weighted by Gasteiger charge is -2.05. The summed E-state index contributed by atoms with van der Waals surface area (Å²) in [5.41, 5.74) is 0.212. The number of hydrogen-bond donors (Lipinski definition) is 1. The number of aromatic hydroxyl groups is 1. The molecule has 0 atom stereocenters. The van der Waals surface area contributed by atoms with Crippen LogP contribution < -0.4 is 0 Å². The Balaban J connectivity index is 2.03. The summed E-state index contributed by atoms with van der Waals surface area (Å²) < 4.78 is 24.3. The third kappa shape index (κ3) is 4.43. The molecule has 2 aromatic rings. The van der Waals surface area contributed by atoms with Crippen molar-refractivity contribution >= 4 is 27.1 Å². The smallest absolute Gasteiger partial charge is 0.310 e. The molecule has 23 heavy (non-hydrogen) atoms. The molecule has 0 aliphatic rings. The average Bonchev–Trinajstić information content (AvgIpc) is 2.49. The van der Waals surface area contributed by atoms with Gasteiger partial charge in [-0.2, -0.15) is 0 Å². The molecular weight excluding hydrogens is 342 g/mol. The van der Waals surface area contributed by atoms with E-state index in [0.717, 1.165) is 0 Å². The Morgan fingerprint density at radius 3 is 2.39 bits per heavy atom. The van der Waals surface area contributed by atoms with Gasteiger partial charge >= 0.3 is 5.69 Å². The highest BCUT2D eigenvalue weighted by molar-refractivity contribution is 7.91. The molecule has 0 fully saturated rings. The van der Waals surface area contributed by atoms with Crippen molar-refractivity contribution in [2.45, 2.75) is 17.7 Å². The van der Waals surface area contributed by atoms with Crippen molar-refractivity contribution in [2.75, 3.05) is 5.75 Å². The standard InChI is InChI=1S/C15H14ClNO5S/c16-12-4-6-13(7-5-12)23(21,22)9-1-2-11-3-8-15(18)14(10-11)17(19)20/h3-8,10,18H,1-2,9H2. The van der Waals surface area contributed by atoms with Crippen LogP contribution in [0.3, 0.4) is 0 Å². The first-order valence-corrected chi connectivity index (χ1v) is 8.77. The van der Waals surface area contributed by atoms with Crippen LogP contribution in [0.1, 0.15) is 12.0 Å². The molecule has 0 radical (unpaired) electrons. The van der Waals surface area contributed by atoms with Gasteiger partial charge in [0.2, 0.25) is 0 Å². The van der Waals surface area contributed by atoms with Crippen molar-refractivity contribution in [3.8, 4) is 5.75 Å². The van der Waals surface area contributed by atoms with Gasteiger partial charge in [0.05, 0.1) is 15.6 Å². The van der Waals surface area contributed by atoms with Crippen LogP contribution in [0.4, 0.5) is 5.69 Å². The van der Waals surface area contributed by atoms with E-state index in [9.17, 15) is 23.6 Å². The van der Waals surface area contributed by atoms with Gasteiger partial charge in [0.1, 0.15) is 0 Å². The lowest BCUT2D eigenvalue weighted by atomic mass is 10.1. The minimum Gasteiger partial charge on any atom is -0.502 e. The number of benzene rings is 2. The summed E-state index contributed by atoms with van der Waals surface area (Å²) in [5.74, 6) is -0.490. The summed E-state index contributed by atoms with van der Waals surface area (Å²) in [6.45, 7) is 0. The molecule has 0 spiro atoms. The van der Waals surface area contributed by atoms with E-state index in [1.807, 2.05) is 0 Å². The minimum atomic E-state index is -3.42. The number of sulfone groups is 1. The van der Waals surface area contributed by atoms with Gasteiger partial charge in [-0.3, -0.25) is 10.1 Å². The van der Waals surface area contributed by atoms with E-state index in [-0.39, 0.29) is 16.3 Å². The lowest BCUT2D eigenvalue weighted by Crippen LogP contribution is -2.07. The number of nitro groups is 1. The number of aryl methyl sites for hydroxylation is 1. The molecule has 8 heteroatoms. The van der Waals surface area contributed by atoms with Crippen molar-refractivity contribution in [3.05, 3.63) is 63.2 Å². The van der Waals surface area contributed by atoms with Crippen molar-refractivity contribution < 1.29 is 18.4 Å². The first-order chi connectivity index (χ1) is 10.8. The van der Waals surface area contributed by atoms with Crippen LogP contribution in [0.15, 0.2) is 47.4 Å². The van der Waals surface area contributed by atoms with Crippen LogP contribution in [-0.2, 0) is 16.3 Å². The van der Waals surface area contributed by atoms with E-state index < -0.39 is 20.5 Å². The number of hydrogen-bond acceptors (Lipinski definition) is 5. The molecule has 0 heterocycles. The zero-order valence-electron chi connectivity index (χ0n) is 12.0. The van der Waals surface area contributed by atoms with Gasteiger partial charge in [0.25, 0.3) is 0 Å². The maximum absolute atomic E-state index is 12.2. The molecule has 0 amide bonds. The highest BCUT2D eigenvalue weighted by atomic mass is 35.5. The van der Waals surface area contributed by atoms with Crippen molar-refractivity contribution in [1.29, 1.82) is 0 Å². The second kappa shape index (κ2) is 6.97. The Labute approximate surface area is 138 Å². The topological polar surface area (TPSA) is 97.5 Å². The number of phenolic OH excluding ortho intramolecular Hbond substituents is 1. The SMILES string of the molecule is O=[N+]([O-])c1cc(CCCS(=O)(=O)c2ccc(Cl)cc2)ccc1O. The largest absolute Gasteiger partial charge is 0.502 e. The fourth-order valence-corrected chi connectivity index (χ4v) is 3.53. The van der Waals surface area contributed by atoms with E-state index in [1.54, 1.807) is 0 Å². The highest BCUT2D eigenvalue weighted by Crippen LogP contribution is 2.27. The number of halogens is 1. The number of nitrogens with zero attached hydrogens (tertiary/aromatic N) is 1. The van der Waals surface area contributed by atoms with Gasteiger partial charge < -0.3 is 5.11 Å². The number of nitro benzene ring substituents is 1. The minimum absolute atomic E-state index is 0.0801. The highest BCUT2D eigenvalue weighted by Gasteiger charge is 2.16. The van der Waals surface area contributed by atoms with Gasteiger partial charge in [0, 0.05) is 11.1 Å². The van der Waals surface area contributed by atoms with E-state index in [0.29, 0.717) is 23.4 Å². The Hall–Kier alpha value is -2.12. The van der Waals surface area contributed by atoms with Crippen LogP contribution in [0.25, 0.3) is 0 Å². The van der Waals surface area contributed by atoms with Gasteiger partial charge in [-0.25, -0.2) is 8.42 Å². The quantitative estimate of drug-likeness (QED) is 0.632. The van der Waals surface area contributed by atoms with Crippen LogP contribution in [0, 0.1) is 10.1 Å². The second-order valence-electron chi connectivity index (χ2n) is 4.96. The Morgan fingerprint density at radius 1 is 1.13 bits per heavy atom. The molecule has 0 saturated heterocycles. The van der Waals surface area contributed by atoms with Crippen LogP contribution in [-0.4, -0.2) is 24.2 Å². The maximum atomic E-state index is 12.2. The van der Waals surface area contributed by atoms with Crippen molar-refractivity contribution in [2.24, 2.45) is 0 Å². The van der Waals surface area contributed by atoms with E-state index >= 15 is 0 Å². The molecule has 0 aliphatic heterocycles. The molecule has 0 unspecified atom stereocenters. The molecule has 1 N–H and O–H groups in total. The van der Waals surface area contributed by atoms with Gasteiger partial charge in [-0.05, 0) is 48.7 Å². The van der Waals surface area contributed by atoms with Crippen molar-refractivity contribution in [3.63, 3.8) is 0 Å². The van der Waals surface area contributed by atoms with Gasteiger partial charge in [-0.15, -0.1) is 0 Å². The number of rotatable bonds is 6. The summed E-state index contributed by atoms with van der Waals surface area (Å²) in [6, 6.07) is 9.95. The zero-order chi connectivity index (χ0) is 17.0. The molecule has 0 saturated carbocycles. The lowest BCUT2D eigenvalue weighted by molar-refractivity contribution is -0.385. The molecule has 0 aromatic heterocycles. The molecule has 0 bridgehead atoms. The average molecular weight is 356 g/mol. The first kappa shape index (κ1) is 17.2. The number of phenols is 1. The third-order valence-electron chi connectivity index (χ3n) is 3.29. The van der Waals surface area contributed by atoms with Crippen LogP contribution in [0.5, 0.6) is 5.75 Å². The summed E-state index contributed by atoms with van der Waals surface area (Å²) >= 11 is 5.73. The molecule has 0 aliphatic carbocycles. The Bertz CT molecular complexity index is 818. The summed E-state index contributed by atoms with van der Waals surface area (Å²) in [5, 5.41) is 20.6. The predicted molar refractivity (Wildman–Crippen MR) is 86.6 cm³/mol. The molecule has 6 nitrogen and oxygen atoms in total. The zero-order valence-corrected chi connectivity index (χ0v) is 13.5. The van der Waals surface area contributed by atoms with Gasteiger partial charge in [0.15, 0.2) is 15.6 Å². The summed E-state index contributed by atoms with van der Waals surface area (Å²) in [6.07, 6.45) is 0.667. The van der Waals surface area contributed by atoms with Crippen LogP contribution in [0.2, 0.25) is 5.02 Å². The fourth-order valence-electron chi connectivity index (χ4n) is 2.10. The fraction of sp³-hybridized carbons (Fsp3) is 0.200. The van der Waals surface area contributed by atoms with Crippen LogP contribution >= 0.6 is 11.6 Å². The summed E-state index contributed by atoms with van der Waals surface area (Å²) in [7, 11) is -3.42. The predicted octanol–water partition coefficient (Wildman–Crippen LogP) is 3.36. The Kier molecular flexibility index (Phi) is 5.23. The van der Waals surface area contributed by atoms with E-state index in [1.165, 1.54) is 42.5 Å².